The van der Waals surface area contributed by atoms with Crippen LogP contribution in [0.1, 0.15) is 45.7 Å². The van der Waals surface area contributed by atoms with Gasteiger partial charge >= 0.3 is 5.97 Å². The highest BCUT2D eigenvalue weighted by molar-refractivity contribution is 5.92. The Morgan fingerprint density at radius 1 is 1.30 bits per heavy atom. The largest absolute Gasteiger partial charge is 0.423 e. The Bertz CT molecular complexity index is 637. The fraction of sp³-hybridized carbons (Fsp3) is 0.368. The lowest BCUT2D eigenvalue weighted by Crippen LogP contribution is -2.39. The quantitative estimate of drug-likeness (QED) is 0.512. The number of ether oxygens (including phenoxy) is 1. The first-order valence-corrected chi connectivity index (χ1v) is 7.63. The molecule has 0 aliphatic carbocycles. The molecular formula is C19H25NO3. The molecule has 0 radical (unpaired) electrons. The number of hydrogen-bond donors (Lipinski definition) is 1. The molecule has 124 valence electrons. The number of carbonyl (C=O) groups is 2. The Labute approximate surface area is 138 Å². The molecule has 4 nitrogen and oxygen atoms in total. The van der Waals surface area contributed by atoms with Crippen LogP contribution in [0, 0.1) is 0 Å². The zero-order chi connectivity index (χ0) is 17.6. The second kappa shape index (κ2) is 7.77. The molecule has 0 unspecified atom stereocenters. The van der Waals surface area contributed by atoms with E-state index in [1.165, 1.54) is 6.08 Å². The summed E-state index contributed by atoms with van der Waals surface area (Å²) in [6, 6.07) is 5.35. The summed E-state index contributed by atoms with van der Waals surface area (Å²) in [5, 5.41) is 2.87. The molecule has 0 saturated heterocycles. The second-order valence-corrected chi connectivity index (χ2v) is 6.46. The number of hydrogen-bond acceptors (Lipinski definition) is 3. The van der Waals surface area contributed by atoms with Crippen molar-refractivity contribution in [3.63, 3.8) is 0 Å². The van der Waals surface area contributed by atoms with E-state index in [-0.39, 0.29) is 11.4 Å². The summed E-state index contributed by atoms with van der Waals surface area (Å²) in [6.45, 7) is 13.0. The van der Waals surface area contributed by atoms with Gasteiger partial charge in [-0.3, -0.25) is 4.79 Å². The molecule has 1 amide bonds. The van der Waals surface area contributed by atoms with E-state index in [1.807, 2.05) is 39.8 Å². The summed E-state index contributed by atoms with van der Waals surface area (Å²) in [4.78, 5) is 23.4. The summed E-state index contributed by atoms with van der Waals surface area (Å²) in [5.41, 5.74) is 2.00. The van der Waals surface area contributed by atoms with Gasteiger partial charge in [-0.1, -0.05) is 19.6 Å². The topological polar surface area (TPSA) is 55.4 Å². The maximum absolute atomic E-state index is 11.8. The number of benzene rings is 1. The number of nitrogens with one attached hydrogen (secondary N) is 1. The van der Waals surface area contributed by atoms with Gasteiger partial charge in [-0.25, -0.2) is 4.79 Å². The van der Waals surface area contributed by atoms with Crippen molar-refractivity contribution in [3.05, 3.63) is 47.6 Å². The third-order valence-electron chi connectivity index (χ3n) is 2.97. The molecule has 1 rings (SSSR count). The average Bonchev–Trinajstić information content (AvgIpc) is 2.43. The van der Waals surface area contributed by atoms with Crippen LogP contribution in [0.15, 0.2) is 36.4 Å². The van der Waals surface area contributed by atoms with Crippen molar-refractivity contribution in [2.24, 2.45) is 0 Å². The molecule has 0 atom stereocenters. The third-order valence-corrected chi connectivity index (χ3v) is 2.97. The first kappa shape index (κ1) is 18.7. The molecule has 0 fully saturated rings. The first-order valence-electron chi connectivity index (χ1n) is 7.63. The third kappa shape index (κ3) is 6.51. The minimum atomic E-state index is -0.445. The molecular weight excluding hydrogens is 290 g/mol. The van der Waals surface area contributed by atoms with E-state index < -0.39 is 5.97 Å². The summed E-state index contributed by atoms with van der Waals surface area (Å²) in [5.74, 6) is -0.108. The van der Waals surface area contributed by atoms with Crippen molar-refractivity contribution < 1.29 is 14.3 Å². The van der Waals surface area contributed by atoms with E-state index in [4.69, 9.17) is 4.74 Å². The van der Waals surface area contributed by atoms with E-state index in [1.54, 1.807) is 19.1 Å². The van der Waals surface area contributed by atoms with E-state index in [2.05, 4.69) is 11.9 Å². The van der Waals surface area contributed by atoms with Crippen LogP contribution in [0.3, 0.4) is 0 Å². The van der Waals surface area contributed by atoms with Gasteiger partial charge in [0.15, 0.2) is 0 Å². The average molecular weight is 315 g/mol. The predicted octanol–water partition coefficient (Wildman–Crippen LogP) is 3.66. The summed E-state index contributed by atoms with van der Waals surface area (Å²) in [7, 11) is 0. The standard InChI is InChI=1S/C19H25NO3/c1-7-14-12-16(23-18(22)13(2)3)10-8-15(14)9-11-17(21)20-19(4,5)6/h8-12H,2,7H2,1,3-6H3,(H,20,21)/b11-9+. The number of esters is 1. The van der Waals surface area contributed by atoms with Gasteiger partial charge in [0.1, 0.15) is 5.75 Å². The van der Waals surface area contributed by atoms with E-state index >= 15 is 0 Å². The fourth-order valence-corrected chi connectivity index (χ4v) is 1.89. The maximum atomic E-state index is 11.8. The van der Waals surface area contributed by atoms with E-state index in [9.17, 15) is 9.59 Å². The smallest absolute Gasteiger partial charge is 0.338 e. The van der Waals surface area contributed by atoms with Crippen molar-refractivity contribution in [2.75, 3.05) is 0 Å². The fourth-order valence-electron chi connectivity index (χ4n) is 1.89. The van der Waals surface area contributed by atoms with Crippen LogP contribution in [0.2, 0.25) is 0 Å². The van der Waals surface area contributed by atoms with Crippen molar-refractivity contribution >= 4 is 18.0 Å². The Balaban J connectivity index is 2.90. The van der Waals surface area contributed by atoms with Gasteiger partial charge in [0, 0.05) is 17.2 Å². The minimum Gasteiger partial charge on any atom is -0.423 e. The van der Waals surface area contributed by atoms with Crippen molar-refractivity contribution in [1.82, 2.24) is 5.32 Å². The zero-order valence-corrected chi connectivity index (χ0v) is 14.5. The predicted molar refractivity (Wildman–Crippen MR) is 93.2 cm³/mol. The van der Waals surface area contributed by atoms with Crippen LogP contribution >= 0.6 is 0 Å². The summed E-state index contributed by atoms with van der Waals surface area (Å²) >= 11 is 0. The van der Waals surface area contributed by atoms with Crippen LogP contribution in [0.4, 0.5) is 0 Å². The Morgan fingerprint density at radius 3 is 2.48 bits per heavy atom. The monoisotopic (exact) mass is 315 g/mol. The lowest BCUT2D eigenvalue weighted by atomic mass is 10.0. The maximum Gasteiger partial charge on any atom is 0.338 e. The van der Waals surface area contributed by atoms with Gasteiger partial charge in [-0.15, -0.1) is 0 Å². The first-order chi connectivity index (χ1) is 10.6. The Morgan fingerprint density at radius 2 is 1.96 bits per heavy atom. The molecule has 1 aromatic carbocycles. The second-order valence-electron chi connectivity index (χ2n) is 6.46. The Hall–Kier alpha value is -2.36. The van der Waals surface area contributed by atoms with Gasteiger partial charge in [0.2, 0.25) is 5.91 Å². The molecule has 0 bridgehead atoms. The van der Waals surface area contributed by atoms with Crippen LogP contribution in [-0.4, -0.2) is 17.4 Å². The van der Waals surface area contributed by atoms with Gasteiger partial charge in [0.05, 0.1) is 0 Å². The van der Waals surface area contributed by atoms with Gasteiger partial charge in [-0.05, 0) is 63.5 Å². The van der Waals surface area contributed by atoms with Crippen LogP contribution in [0.5, 0.6) is 5.75 Å². The highest BCUT2D eigenvalue weighted by atomic mass is 16.5. The molecule has 1 N–H and O–H groups in total. The Kier molecular flexibility index (Phi) is 6.31. The molecule has 0 aromatic heterocycles. The van der Waals surface area contributed by atoms with Gasteiger partial charge in [0.25, 0.3) is 0 Å². The summed E-state index contributed by atoms with van der Waals surface area (Å²) in [6.07, 6.45) is 4.04. The molecule has 0 spiro atoms. The van der Waals surface area contributed by atoms with E-state index in [0.29, 0.717) is 11.3 Å². The molecule has 4 heteroatoms. The molecule has 0 aliphatic heterocycles. The highest BCUT2D eigenvalue weighted by Gasteiger charge is 2.11. The zero-order valence-electron chi connectivity index (χ0n) is 14.5. The van der Waals surface area contributed by atoms with Gasteiger partial charge < -0.3 is 10.1 Å². The SMILES string of the molecule is C=C(C)C(=O)Oc1ccc(/C=C/C(=O)NC(C)(C)C)c(CC)c1. The lowest BCUT2D eigenvalue weighted by molar-refractivity contribution is -0.130. The van der Waals surface area contributed by atoms with Crippen LogP contribution in [-0.2, 0) is 16.0 Å². The lowest BCUT2D eigenvalue weighted by Gasteiger charge is -2.19. The molecule has 23 heavy (non-hydrogen) atoms. The molecule has 0 saturated carbocycles. The summed E-state index contributed by atoms with van der Waals surface area (Å²) < 4.78 is 5.22. The molecule has 0 aliphatic rings. The van der Waals surface area contributed by atoms with Gasteiger partial charge in [-0.2, -0.15) is 0 Å². The van der Waals surface area contributed by atoms with E-state index in [0.717, 1.165) is 17.5 Å². The number of aryl methyl sites for hydroxylation is 1. The minimum absolute atomic E-state index is 0.141. The van der Waals surface area contributed by atoms with Crippen molar-refractivity contribution in [1.29, 1.82) is 0 Å². The van der Waals surface area contributed by atoms with Crippen LogP contribution < -0.4 is 10.1 Å². The number of rotatable bonds is 5. The highest BCUT2D eigenvalue weighted by Crippen LogP contribution is 2.20. The normalized spacial score (nSPS) is 11.3. The van der Waals surface area contributed by atoms with Crippen molar-refractivity contribution in [2.45, 2.75) is 46.6 Å². The van der Waals surface area contributed by atoms with Crippen LogP contribution in [0.25, 0.3) is 6.08 Å². The molecule has 0 heterocycles. The number of amides is 1. The number of carbonyl (C=O) groups excluding carboxylic acids is 2. The molecule has 1 aromatic rings. The van der Waals surface area contributed by atoms with Crippen molar-refractivity contribution in [3.8, 4) is 5.75 Å².